The number of nitrogens with one attached hydrogen (secondary N) is 1. The zero-order valence-electron chi connectivity index (χ0n) is 21.1. The fraction of sp³-hybridized carbons (Fsp3) is 0.462. The van der Waals surface area contributed by atoms with E-state index in [1.807, 2.05) is 0 Å². The first-order valence-electron chi connectivity index (χ1n) is 11.9. The Hall–Kier alpha value is -3.82. The van der Waals surface area contributed by atoms with Crippen LogP contribution in [-0.4, -0.2) is 72.6 Å². The van der Waals surface area contributed by atoms with Crippen molar-refractivity contribution in [3.8, 4) is 17.2 Å². The van der Waals surface area contributed by atoms with Crippen LogP contribution in [0.2, 0.25) is 0 Å². The molecule has 2 fully saturated rings. The molecule has 192 valence electrons. The first-order valence-corrected chi connectivity index (χ1v) is 11.9. The highest BCUT2D eigenvalue weighted by molar-refractivity contribution is 6.07. The number of methoxy groups -OCH3 is 3. The van der Waals surface area contributed by atoms with Crippen molar-refractivity contribution in [1.29, 1.82) is 0 Å². The van der Waals surface area contributed by atoms with Gasteiger partial charge in [-0.3, -0.25) is 19.5 Å². The maximum absolute atomic E-state index is 13.3. The standard InChI is InChI=1S/C26H32N4O6/c1-26(24(32)30(25(33)28-26)16-17-5-9-27-10-6-17)19-7-11-29(12-8-19)22(31)15-18-13-20(34-2)23(36-4)21(14-18)35-3/h5-6,9-10,13-14,19H,7-8,11-12,15-16H2,1-4H3,(H,28,33). The maximum Gasteiger partial charge on any atom is 0.325 e. The minimum Gasteiger partial charge on any atom is -0.493 e. The average Bonchev–Trinajstić information content (AvgIpc) is 3.12. The number of pyridine rings is 1. The molecular formula is C26H32N4O6. The molecule has 0 saturated carbocycles. The van der Waals surface area contributed by atoms with Crippen LogP contribution in [0.1, 0.15) is 30.9 Å². The monoisotopic (exact) mass is 496 g/mol. The highest BCUT2D eigenvalue weighted by Gasteiger charge is 2.52. The number of rotatable bonds is 8. The van der Waals surface area contributed by atoms with E-state index >= 15 is 0 Å². The number of carbonyl (C=O) groups excluding carboxylic acids is 3. The topological polar surface area (TPSA) is 110 Å². The molecule has 1 atom stereocenters. The highest BCUT2D eigenvalue weighted by atomic mass is 16.5. The minimum atomic E-state index is -0.990. The van der Waals surface area contributed by atoms with Crippen LogP contribution in [0.4, 0.5) is 4.79 Å². The Balaban J connectivity index is 1.38. The molecular weight excluding hydrogens is 464 g/mol. The molecule has 1 unspecified atom stereocenters. The van der Waals surface area contributed by atoms with Crippen LogP contribution in [0.15, 0.2) is 36.7 Å². The summed E-state index contributed by atoms with van der Waals surface area (Å²) in [6.45, 7) is 3.01. The predicted molar refractivity (Wildman–Crippen MR) is 131 cm³/mol. The van der Waals surface area contributed by atoms with Gasteiger partial charge in [0.05, 0.1) is 34.3 Å². The summed E-state index contributed by atoms with van der Waals surface area (Å²) >= 11 is 0. The Bertz CT molecular complexity index is 1110. The van der Waals surface area contributed by atoms with Crippen LogP contribution in [0.3, 0.4) is 0 Å². The second kappa shape index (κ2) is 10.4. The maximum atomic E-state index is 13.3. The number of urea groups is 1. The van der Waals surface area contributed by atoms with E-state index in [9.17, 15) is 14.4 Å². The van der Waals surface area contributed by atoms with Gasteiger partial charge in [0, 0.05) is 25.5 Å². The van der Waals surface area contributed by atoms with Crippen molar-refractivity contribution in [1.82, 2.24) is 20.1 Å². The third-order valence-corrected chi connectivity index (χ3v) is 7.14. The van der Waals surface area contributed by atoms with Crippen molar-refractivity contribution >= 4 is 17.8 Å². The van der Waals surface area contributed by atoms with E-state index in [1.165, 1.54) is 26.2 Å². The summed E-state index contributed by atoms with van der Waals surface area (Å²) < 4.78 is 16.1. The van der Waals surface area contributed by atoms with Crippen molar-refractivity contribution < 1.29 is 28.6 Å². The molecule has 36 heavy (non-hydrogen) atoms. The fourth-order valence-electron chi connectivity index (χ4n) is 5.04. The second-order valence-electron chi connectivity index (χ2n) is 9.24. The van der Waals surface area contributed by atoms with Crippen LogP contribution in [0.5, 0.6) is 17.2 Å². The van der Waals surface area contributed by atoms with E-state index in [4.69, 9.17) is 14.2 Å². The molecule has 4 rings (SSSR count). The molecule has 0 spiro atoms. The van der Waals surface area contributed by atoms with Crippen LogP contribution < -0.4 is 19.5 Å². The summed E-state index contributed by atoms with van der Waals surface area (Å²) in [5.41, 5.74) is 0.606. The van der Waals surface area contributed by atoms with Gasteiger partial charge >= 0.3 is 6.03 Å². The Morgan fingerprint density at radius 1 is 1.03 bits per heavy atom. The summed E-state index contributed by atoms with van der Waals surface area (Å²) in [4.78, 5) is 46.0. The number of aromatic nitrogens is 1. The number of likely N-dealkylation sites (tertiary alicyclic amines) is 1. The van der Waals surface area contributed by atoms with Gasteiger partial charge in [-0.25, -0.2) is 4.79 Å². The van der Waals surface area contributed by atoms with Gasteiger partial charge in [-0.1, -0.05) is 0 Å². The Kier molecular flexibility index (Phi) is 7.32. The van der Waals surface area contributed by atoms with Crippen LogP contribution in [0, 0.1) is 5.92 Å². The minimum absolute atomic E-state index is 0.0195. The summed E-state index contributed by atoms with van der Waals surface area (Å²) in [6, 6.07) is 6.73. The number of hydrogen-bond acceptors (Lipinski definition) is 7. The van der Waals surface area contributed by atoms with Crippen molar-refractivity contribution in [3.05, 3.63) is 47.8 Å². The molecule has 2 aliphatic heterocycles. The molecule has 2 aromatic rings. The summed E-state index contributed by atoms with van der Waals surface area (Å²) in [7, 11) is 4.61. The van der Waals surface area contributed by atoms with Crippen LogP contribution >= 0.6 is 0 Å². The number of imide groups is 1. The molecule has 1 N–H and O–H groups in total. The molecule has 0 aliphatic carbocycles. The third-order valence-electron chi connectivity index (χ3n) is 7.14. The van der Waals surface area contributed by atoms with E-state index in [2.05, 4.69) is 10.3 Å². The van der Waals surface area contributed by atoms with Gasteiger partial charge in [0.15, 0.2) is 11.5 Å². The first kappa shape index (κ1) is 25.3. The molecule has 1 aromatic heterocycles. The van der Waals surface area contributed by atoms with E-state index in [1.54, 1.807) is 48.5 Å². The zero-order chi connectivity index (χ0) is 25.9. The molecule has 1 aromatic carbocycles. The molecule has 4 amide bonds. The van der Waals surface area contributed by atoms with Gasteiger partial charge in [0.25, 0.3) is 5.91 Å². The predicted octanol–water partition coefficient (Wildman–Crippen LogP) is 2.40. The Morgan fingerprint density at radius 3 is 2.19 bits per heavy atom. The number of hydrogen-bond donors (Lipinski definition) is 1. The van der Waals surface area contributed by atoms with E-state index in [0.717, 1.165) is 11.1 Å². The molecule has 2 aliphatic rings. The van der Waals surface area contributed by atoms with Gasteiger partial charge in [0.2, 0.25) is 11.7 Å². The van der Waals surface area contributed by atoms with Crippen molar-refractivity contribution in [2.75, 3.05) is 34.4 Å². The van der Waals surface area contributed by atoms with Crippen molar-refractivity contribution in [2.24, 2.45) is 5.92 Å². The van der Waals surface area contributed by atoms with Gasteiger partial charge in [0.1, 0.15) is 5.54 Å². The number of carbonyl (C=O) groups is 3. The van der Waals surface area contributed by atoms with E-state index < -0.39 is 5.54 Å². The fourth-order valence-corrected chi connectivity index (χ4v) is 5.04. The second-order valence-corrected chi connectivity index (χ2v) is 9.24. The normalized spacial score (nSPS) is 20.3. The quantitative estimate of drug-likeness (QED) is 0.559. The number of nitrogens with zero attached hydrogens (tertiary/aromatic N) is 3. The highest BCUT2D eigenvalue weighted by Crippen LogP contribution is 2.39. The third kappa shape index (κ3) is 4.80. The summed E-state index contributed by atoms with van der Waals surface area (Å²) in [5, 5.41) is 2.92. The lowest BCUT2D eigenvalue weighted by Crippen LogP contribution is -2.54. The summed E-state index contributed by atoms with van der Waals surface area (Å²) in [6.07, 6.45) is 4.70. The molecule has 10 nitrogen and oxygen atoms in total. The van der Waals surface area contributed by atoms with Crippen molar-refractivity contribution in [2.45, 2.75) is 38.3 Å². The smallest absolute Gasteiger partial charge is 0.325 e. The SMILES string of the molecule is COc1cc(CC(=O)N2CCC(C3(C)NC(=O)N(Cc4ccncc4)C3=O)CC2)cc(OC)c1OC. The lowest BCUT2D eigenvalue weighted by Gasteiger charge is -2.39. The largest absolute Gasteiger partial charge is 0.493 e. The lowest BCUT2D eigenvalue weighted by atomic mass is 9.78. The average molecular weight is 497 g/mol. The van der Waals surface area contributed by atoms with Gasteiger partial charge in [-0.05, 0) is 61.1 Å². The number of amides is 4. The van der Waals surface area contributed by atoms with E-state index in [-0.39, 0.29) is 36.7 Å². The van der Waals surface area contributed by atoms with Gasteiger partial charge < -0.3 is 24.4 Å². The number of piperidine rings is 1. The molecule has 0 radical (unpaired) electrons. The molecule has 0 bridgehead atoms. The molecule has 2 saturated heterocycles. The van der Waals surface area contributed by atoms with Crippen molar-refractivity contribution in [3.63, 3.8) is 0 Å². The number of ether oxygens (including phenoxy) is 3. The zero-order valence-corrected chi connectivity index (χ0v) is 21.1. The number of benzene rings is 1. The van der Waals surface area contributed by atoms with Crippen LogP contribution in [-0.2, 0) is 22.6 Å². The van der Waals surface area contributed by atoms with Gasteiger partial charge in [-0.2, -0.15) is 0 Å². The van der Waals surface area contributed by atoms with E-state index in [0.29, 0.717) is 43.2 Å². The Morgan fingerprint density at radius 2 is 1.64 bits per heavy atom. The summed E-state index contributed by atoms with van der Waals surface area (Å²) in [5.74, 6) is 1.16. The van der Waals surface area contributed by atoms with Gasteiger partial charge in [-0.15, -0.1) is 0 Å². The van der Waals surface area contributed by atoms with Crippen LogP contribution in [0.25, 0.3) is 0 Å². The lowest BCUT2D eigenvalue weighted by molar-refractivity contribution is -0.135. The Labute approximate surface area is 210 Å². The first-order chi connectivity index (χ1) is 17.3. The molecule has 10 heteroatoms. The molecule has 3 heterocycles.